The van der Waals surface area contributed by atoms with E-state index in [0.29, 0.717) is 5.92 Å². The van der Waals surface area contributed by atoms with Gasteiger partial charge in [0.2, 0.25) is 0 Å². The second-order valence-electron chi connectivity index (χ2n) is 5.70. The van der Waals surface area contributed by atoms with Gasteiger partial charge in [0, 0.05) is 11.9 Å². The van der Waals surface area contributed by atoms with Crippen molar-refractivity contribution in [1.29, 1.82) is 0 Å². The van der Waals surface area contributed by atoms with E-state index in [0.717, 1.165) is 5.69 Å². The van der Waals surface area contributed by atoms with Crippen LogP contribution in [0.5, 0.6) is 0 Å². The van der Waals surface area contributed by atoms with Crippen LogP contribution in [0.3, 0.4) is 0 Å². The van der Waals surface area contributed by atoms with E-state index in [1.165, 1.54) is 16.7 Å². The van der Waals surface area contributed by atoms with Crippen molar-refractivity contribution >= 4 is 0 Å². The fourth-order valence-corrected chi connectivity index (χ4v) is 2.16. The van der Waals surface area contributed by atoms with Crippen LogP contribution in [0, 0.1) is 13.8 Å². The maximum atomic E-state index is 4.47. The van der Waals surface area contributed by atoms with Crippen LogP contribution in [0.1, 0.15) is 62.9 Å². The first-order valence-corrected chi connectivity index (χ1v) is 5.71. The summed E-state index contributed by atoms with van der Waals surface area (Å²) >= 11 is 0. The molecule has 1 heteroatoms. The predicted molar refractivity (Wildman–Crippen MR) is 66.5 cm³/mol. The largest absolute Gasteiger partial charge is 0.261 e. The van der Waals surface area contributed by atoms with E-state index in [1.54, 1.807) is 0 Å². The van der Waals surface area contributed by atoms with Gasteiger partial charge in [-0.3, -0.25) is 4.98 Å². The molecule has 0 saturated carbocycles. The third-order valence-electron chi connectivity index (χ3n) is 2.98. The van der Waals surface area contributed by atoms with E-state index in [2.05, 4.69) is 53.5 Å². The van der Waals surface area contributed by atoms with Gasteiger partial charge in [0.25, 0.3) is 0 Å². The zero-order chi connectivity index (χ0) is 11.8. The maximum Gasteiger partial charge on any atom is 0.0404 e. The molecule has 0 saturated heterocycles. The molecule has 0 unspecified atom stereocenters. The van der Waals surface area contributed by atoms with Gasteiger partial charge in [-0.1, -0.05) is 34.6 Å². The van der Waals surface area contributed by atoms with Crippen LogP contribution < -0.4 is 0 Å². The van der Waals surface area contributed by atoms with Crippen LogP contribution >= 0.6 is 0 Å². The van der Waals surface area contributed by atoms with Crippen molar-refractivity contribution in [3.05, 3.63) is 28.6 Å². The molecular formula is C14H23N. The first-order valence-electron chi connectivity index (χ1n) is 5.71. The van der Waals surface area contributed by atoms with Crippen LogP contribution in [0.25, 0.3) is 0 Å². The summed E-state index contributed by atoms with van der Waals surface area (Å²) in [6, 6.07) is 0. The summed E-state index contributed by atoms with van der Waals surface area (Å²) in [4.78, 5) is 4.47. The lowest BCUT2D eigenvalue weighted by atomic mass is 9.78. The zero-order valence-electron chi connectivity index (χ0n) is 11.1. The Morgan fingerprint density at radius 1 is 1.13 bits per heavy atom. The highest BCUT2D eigenvalue weighted by Crippen LogP contribution is 2.33. The van der Waals surface area contributed by atoms with Crippen LogP contribution in [-0.4, -0.2) is 4.98 Å². The van der Waals surface area contributed by atoms with Gasteiger partial charge >= 0.3 is 0 Å². The molecular weight excluding hydrogens is 182 g/mol. The minimum atomic E-state index is 0.206. The Labute approximate surface area is 93.9 Å². The van der Waals surface area contributed by atoms with Crippen molar-refractivity contribution < 1.29 is 0 Å². The quantitative estimate of drug-likeness (QED) is 0.672. The van der Waals surface area contributed by atoms with Gasteiger partial charge in [-0.05, 0) is 41.9 Å². The number of hydrogen-bond donors (Lipinski definition) is 0. The first-order chi connectivity index (χ1) is 6.75. The van der Waals surface area contributed by atoms with Gasteiger partial charge in [0.05, 0.1) is 0 Å². The lowest BCUT2D eigenvalue weighted by Crippen LogP contribution is -2.18. The van der Waals surface area contributed by atoms with Gasteiger partial charge < -0.3 is 0 Å². The minimum Gasteiger partial charge on any atom is -0.261 e. The number of aromatic nitrogens is 1. The monoisotopic (exact) mass is 205 g/mol. The maximum absolute atomic E-state index is 4.47. The van der Waals surface area contributed by atoms with Crippen molar-refractivity contribution in [2.45, 2.75) is 59.8 Å². The summed E-state index contributed by atoms with van der Waals surface area (Å²) in [6.07, 6.45) is 2.05. The van der Waals surface area contributed by atoms with Crippen LogP contribution in [0.2, 0.25) is 0 Å². The average Bonchev–Trinajstić information content (AvgIpc) is 2.06. The van der Waals surface area contributed by atoms with Crippen molar-refractivity contribution in [1.82, 2.24) is 4.98 Å². The van der Waals surface area contributed by atoms with Crippen molar-refractivity contribution in [3.63, 3.8) is 0 Å². The van der Waals surface area contributed by atoms with Gasteiger partial charge in [-0.15, -0.1) is 0 Å². The Morgan fingerprint density at radius 2 is 1.67 bits per heavy atom. The van der Waals surface area contributed by atoms with Crippen LogP contribution in [-0.2, 0) is 5.41 Å². The van der Waals surface area contributed by atoms with Gasteiger partial charge in [-0.2, -0.15) is 0 Å². The lowest BCUT2D eigenvalue weighted by Gasteiger charge is -2.27. The second-order valence-corrected chi connectivity index (χ2v) is 5.70. The number of rotatable bonds is 1. The Kier molecular flexibility index (Phi) is 3.22. The topological polar surface area (TPSA) is 12.9 Å². The Bertz CT molecular complexity index is 356. The molecule has 1 nitrogen and oxygen atoms in total. The van der Waals surface area contributed by atoms with Crippen LogP contribution in [0.15, 0.2) is 6.20 Å². The molecule has 84 valence electrons. The third-order valence-corrected chi connectivity index (χ3v) is 2.98. The molecule has 1 heterocycles. The molecule has 0 N–H and O–H groups in total. The molecule has 1 rings (SSSR count). The summed E-state index contributed by atoms with van der Waals surface area (Å²) in [5.41, 5.74) is 5.59. The molecule has 0 bridgehead atoms. The smallest absolute Gasteiger partial charge is 0.0404 e. The van der Waals surface area contributed by atoms with Gasteiger partial charge in [-0.25, -0.2) is 0 Å². The predicted octanol–water partition coefficient (Wildman–Crippen LogP) is 4.12. The fraction of sp³-hybridized carbons (Fsp3) is 0.643. The number of pyridine rings is 1. The van der Waals surface area contributed by atoms with Gasteiger partial charge in [0.15, 0.2) is 0 Å². The standard InChI is InChI=1S/C14H23N/c1-9(2)12-8-15-11(4)10(3)13(12)14(5,6)7/h8-9H,1-7H3. The fourth-order valence-electron chi connectivity index (χ4n) is 2.16. The normalized spacial score (nSPS) is 12.3. The Balaban J connectivity index is 3.49. The first kappa shape index (κ1) is 12.2. The van der Waals surface area contributed by atoms with E-state index in [4.69, 9.17) is 0 Å². The summed E-state index contributed by atoms with van der Waals surface area (Å²) in [7, 11) is 0. The van der Waals surface area contributed by atoms with Crippen molar-refractivity contribution in [2.75, 3.05) is 0 Å². The van der Waals surface area contributed by atoms with Crippen molar-refractivity contribution in [3.8, 4) is 0 Å². The van der Waals surface area contributed by atoms with E-state index in [1.807, 2.05) is 6.20 Å². The second kappa shape index (κ2) is 3.96. The molecule has 1 aromatic heterocycles. The molecule has 0 aliphatic carbocycles. The van der Waals surface area contributed by atoms with E-state index >= 15 is 0 Å². The lowest BCUT2D eigenvalue weighted by molar-refractivity contribution is 0.569. The zero-order valence-corrected chi connectivity index (χ0v) is 11.1. The molecule has 15 heavy (non-hydrogen) atoms. The highest BCUT2D eigenvalue weighted by molar-refractivity contribution is 5.41. The summed E-state index contributed by atoms with van der Waals surface area (Å²) in [6.45, 7) is 15.6. The molecule has 0 spiro atoms. The highest BCUT2D eigenvalue weighted by Gasteiger charge is 2.22. The molecule has 0 amide bonds. The molecule has 1 aromatic rings. The molecule has 0 atom stereocenters. The number of nitrogens with zero attached hydrogens (tertiary/aromatic N) is 1. The molecule has 0 aliphatic rings. The summed E-state index contributed by atoms with van der Waals surface area (Å²) in [5.74, 6) is 0.547. The number of hydrogen-bond acceptors (Lipinski definition) is 1. The minimum absolute atomic E-state index is 0.206. The van der Waals surface area contributed by atoms with E-state index in [9.17, 15) is 0 Å². The summed E-state index contributed by atoms with van der Waals surface area (Å²) in [5, 5.41) is 0. The average molecular weight is 205 g/mol. The molecule has 0 radical (unpaired) electrons. The van der Waals surface area contributed by atoms with Crippen LogP contribution in [0.4, 0.5) is 0 Å². The number of aryl methyl sites for hydroxylation is 1. The van der Waals surface area contributed by atoms with Gasteiger partial charge in [0.1, 0.15) is 0 Å². The SMILES string of the molecule is Cc1ncc(C(C)C)c(C(C)(C)C)c1C. The van der Waals surface area contributed by atoms with E-state index < -0.39 is 0 Å². The summed E-state index contributed by atoms with van der Waals surface area (Å²) < 4.78 is 0. The molecule has 0 aromatic carbocycles. The highest BCUT2D eigenvalue weighted by atomic mass is 14.7. The third kappa shape index (κ3) is 2.39. The van der Waals surface area contributed by atoms with Crippen molar-refractivity contribution in [2.24, 2.45) is 0 Å². The van der Waals surface area contributed by atoms with E-state index in [-0.39, 0.29) is 5.41 Å². The Morgan fingerprint density at radius 3 is 2.07 bits per heavy atom. The Hall–Kier alpha value is -0.850. The molecule has 0 aliphatic heterocycles. The molecule has 0 fully saturated rings.